The molecule has 0 aromatic heterocycles. The molecule has 36 heavy (non-hydrogen) atoms. The zero-order chi connectivity index (χ0) is 26.2. The highest BCUT2D eigenvalue weighted by Crippen LogP contribution is 2.32. The van der Waals surface area contributed by atoms with E-state index in [1.807, 2.05) is 12.1 Å². The van der Waals surface area contributed by atoms with Gasteiger partial charge in [-0.3, -0.25) is 9.68 Å². The molecule has 0 radical (unpaired) electrons. The lowest BCUT2D eigenvalue weighted by molar-refractivity contribution is -0.495. The number of carboxylic acid groups (broad SMARTS) is 2. The fraction of sp³-hybridized carbons (Fsp3) is 0.500. The van der Waals surface area contributed by atoms with Gasteiger partial charge in [0.25, 0.3) is 0 Å². The number of rotatable bonds is 18. The van der Waals surface area contributed by atoms with E-state index in [4.69, 9.17) is 19.7 Å². The van der Waals surface area contributed by atoms with E-state index < -0.39 is 30.4 Å². The van der Waals surface area contributed by atoms with E-state index in [1.54, 1.807) is 24.3 Å². The van der Waals surface area contributed by atoms with Crippen molar-refractivity contribution in [3.63, 3.8) is 0 Å². The monoisotopic (exact) mass is 506 g/mol. The van der Waals surface area contributed by atoms with Gasteiger partial charge in [0.2, 0.25) is 12.9 Å². The molecule has 1 atom stereocenters. The Morgan fingerprint density at radius 3 is 2.39 bits per heavy atom. The van der Waals surface area contributed by atoms with Crippen LogP contribution in [0.1, 0.15) is 76.7 Å². The van der Waals surface area contributed by atoms with Gasteiger partial charge >= 0.3 is 17.9 Å². The van der Waals surface area contributed by atoms with E-state index in [-0.39, 0.29) is 6.79 Å². The van der Waals surface area contributed by atoms with Gasteiger partial charge in [0.1, 0.15) is 0 Å². The first kappa shape index (κ1) is 28.9. The molecule has 2 rings (SSSR count). The van der Waals surface area contributed by atoms with Crippen LogP contribution < -0.4 is 9.47 Å². The van der Waals surface area contributed by atoms with Crippen LogP contribution in [-0.4, -0.2) is 41.0 Å². The molecule has 0 spiro atoms. The first-order valence-electron chi connectivity index (χ1n) is 12.2. The molecule has 198 valence electrons. The van der Waals surface area contributed by atoms with Crippen molar-refractivity contribution in [2.45, 2.75) is 77.2 Å². The maximum Gasteiger partial charge on any atom is 0.372 e. The summed E-state index contributed by atoms with van der Waals surface area (Å²) in [5.74, 6) is -2.51. The van der Waals surface area contributed by atoms with Gasteiger partial charge < -0.3 is 19.7 Å². The minimum absolute atomic E-state index is 0.175. The molecule has 1 aromatic rings. The van der Waals surface area contributed by atoms with Crippen LogP contribution in [0, 0.1) is 0 Å². The second-order valence-corrected chi connectivity index (χ2v) is 8.35. The Kier molecular flexibility index (Phi) is 13.1. The second-order valence-electron chi connectivity index (χ2n) is 8.35. The Labute approximate surface area is 210 Å². The molecule has 0 fully saturated rings. The van der Waals surface area contributed by atoms with Crippen molar-refractivity contribution < 1.29 is 48.9 Å². The van der Waals surface area contributed by atoms with Gasteiger partial charge in [-0.25, -0.2) is 9.59 Å². The summed E-state index contributed by atoms with van der Waals surface area (Å²) in [7, 11) is 0. The molecule has 10 nitrogen and oxygen atoms in total. The molecule has 0 saturated carbocycles. The van der Waals surface area contributed by atoms with Crippen LogP contribution in [0.15, 0.2) is 35.9 Å². The Bertz CT molecular complexity index is 921. The summed E-state index contributed by atoms with van der Waals surface area (Å²) >= 11 is 0. The Morgan fingerprint density at radius 2 is 1.69 bits per heavy atom. The standard InChI is InChI=1S/C26H34O10/c1-2-3-4-5-6-7-8-9-12-20(26(31)35-36-34-23(25(29)30)17-24(27)28)13-10-11-19-14-15-21-22(16-19)33-18-32-21/h10-11,13-16,23H,2-9,12,17-18H2,1H3,(H,27,28)(H,29,30). The van der Waals surface area contributed by atoms with E-state index in [9.17, 15) is 14.4 Å². The number of aliphatic carboxylic acids is 2. The Hall–Kier alpha value is -3.37. The van der Waals surface area contributed by atoms with E-state index in [0.717, 1.165) is 31.2 Å². The molecule has 2 N–H and O–H groups in total. The Morgan fingerprint density at radius 1 is 1.00 bits per heavy atom. The van der Waals surface area contributed by atoms with Crippen LogP contribution >= 0.6 is 0 Å². The number of carbonyl (C=O) groups excluding carboxylic acids is 1. The summed E-state index contributed by atoms with van der Waals surface area (Å²) in [4.78, 5) is 43.3. The maximum atomic E-state index is 12.5. The van der Waals surface area contributed by atoms with Gasteiger partial charge in [0.15, 0.2) is 11.5 Å². The molecule has 0 saturated heterocycles. The first-order chi connectivity index (χ1) is 17.4. The largest absolute Gasteiger partial charge is 0.481 e. The lowest BCUT2D eigenvalue weighted by Gasteiger charge is -2.10. The van der Waals surface area contributed by atoms with E-state index in [1.165, 1.54) is 25.7 Å². The number of unbranched alkanes of at least 4 members (excludes halogenated alkanes) is 7. The maximum absolute atomic E-state index is 12.5. The number of carboxylic acids is 2. The predicted molar refractivity (Wildman–Crippen MR) is 129 cm³/mol. The van der Waals surface area contributed by atoms with Crippen LogP contribution in [0.2, 0.25) is 0 Å². The molecule has 1 aliphatic heterocycles. The third kappa shape index (κ3) is 10.9. The van der Waals surface area contributed by atoms with Gasteiger partial charge in [-0.2, -0.15) is 4.89 Å². The predicted octanol–water partition coefficient (Wildman–Crippen LogP) is 5.22. The highest BCUT2D eigenvalue weighted by molar-refractivity contribution is 5.88. The second kappa shape index (κ2) is 16.3. The van der Waals surface area contributed by atoms with Crippen LogP contribution in [0.3, 0.4) is 0 Å². The third-order valence-corrected chi connectivity index (χ3v) is 5.45. The lowest BCUT2D eigenvalue weighted by atomic mass is 10.0. The van der Waals surface area contributed by atoms with Gasteiger partial charge in [-0.05, 0) is 35.6 Å². The zero-order valence-corrected chi connectivity index (χ0v) is 20.5. The lowest BCUT2D eigenvalue weighted by Crippen LogP contribution is -2.27. The molecular formula is C26H34O10. The average Bonchev–Trinajstić information content (AvgIpc) is 3.31. The smallest absolute Gasteiger partial charge is 0.372 e. The van der Waals surface area contributed by atoms with Gasteiger partial charge in [-0.1, -0.05) is 76.2 Å². The third-order valence-electron chi connectivity index (χ3n) is 5.45. The number of hydrogen-bond acceptors (Lipinski definition) is 8. The molecule has 1 aliphatic rings. The van der Waals surface area contributed by atoms with Crippen molar-refractivity contribution in [2.75, 3.05) is 6.79 Å². The molecule has 1 heterocycles. The Balaban J connectivity index is 1.93. The van der Waals surface area contributed by atoms with Crippen molar-refractivity contribution in [1.82, 2.24) is 0 Å². The first-order valence-corrected chi connectivity index (χ1v) is 12.2. The van der Waals surface area contributed by atoms with Crippen LogP contribution in [-0.2, 0) is 29.2 Å². The van der Waals surface area contributed by atoms with Gasteiger partial charge in [-0.15, -0.1) is 0 Å². The quantitative estimate of drug-likeness (QED) is 0.0896. The highest BCUT2D eigenvalue weighted by atomic mass is 17.5. The fourth-order valence-electron chi connectivity index (χ4n) is 3.47. The zero-order valence-electron chi connectivity index (χ0n) is 20.5. The summed E-state index contributed by atoms with van der Waals surface area (Å²) < 4.78 is 10.7. The van der Waals surface area contributed by atoms with E-state index in [0.29, 0.717) is 23.5 Å². The SMILES string of the molecule is CCCCCCCCCCC(=CC=Cc1ccc2c(c1)OCO2)C(=O)OOOC(CC(=O)O)C(=O)O. The van der Waals surface area contributed by atoms with E-state index >= 15 is 0 Å². The normalized spacial score (nSPS) is 13.6. The highest BCUT2D eigenvalue weighted by Gasteiger charge is 2.24. The molecule has 0 amide bonds. The van der Waals surface area contributed by atoms with Crippen molar-refractivity contribution in [3.05, 3.63) is 41.5 Å². The molecular weight excluding hydrogens is 472 g/mol. The number of allylic oxidation sites excluding steroid dienone is 2. The van der Waals surface area contributed by atoms with Gasteiger partial charge in [0.05, 0.1) is 6.42 Å². The average molecular weight is 507 g/mol. The van der Waals surface area contributed by atoms with Crippen LogP contribution in [0.25, 0.3) is 6.08 Å². The molecule has 0 aliphatic carbocycles. The summed E-state index contributed by atoms with van der Waals surface area (Å²) in [6.45, 7) is 2.35. The summed E-state index contributed by atoms with van der Waals surface area (Å²) in [5, 5.41) is 22.0. The number of hydrogen-bond donors (Lipinski definition) is 2. The van der Waals surface area contributed by atoms with Crippen molar-refractivity contribution in [3.8, 4) is 11.5 Å². The van der Waals surface area contributed by atoms with Crippen molar-refractivity contribution >= 4 is 24.0 Å². The summed E-state index contributed by atoms with van der Waals surface area (Å²) in [6.07, 6.45) is 11.6. The number of ether oxygens (including phenoxy) is 2. The summed E-state index contributed by atoms with van der Waals surface area (Å²) in [5.41, 5.74) is 1.14. The van der Waals surface area contributed by atoms with E-state index in [2.05, 4.69) is 21.7 Å². The van der Waals surface area contributed by atoms with Crippen molar-refractivity contribution in [1.29, 1.82) is 0 Å². The minimum Gasteiger partial charge on any atom is -0.481 e. The fourth-order valence-corrected chi connectivity index (χ4v) is 3.47. The summed E-state index contributed by atoms with van der Waals surface area (Å²) in [6, 6.07) is 5.46. The van der Waals surface area contributed by atoms with Crippen LogP contribution in [0.5, 0.6) is 11.5 Å². The molecule has 1 unspecified atom stereocenters. The molecule has 10 heteroatoms. The van der Waals surface area contributed by atoms with Crippen LogP contribution in [0.4, 0.5) is 0 Å². The number of benzene rings is 1. The molecule has 1 aromatic carbocycles. The molecule has 0 bridgehead atoms. The van der Waals surface area contributed by atoms with Crippen molar-refractivity contribution in [2.24, 2.45) is 0 Å². The number of carbonyl (C=O) groups is 3. The van der Waals surface area contributed by atoms with Gasteiger partial charge in [0, 0.05) is 5.57 Å². The topological polar surface area (TPSA) is 138 Å². The number of fused-ring (bicyclic) bond motifs is 1. The minimum atomic E-state index is -1.82.